The molecule has 1 saturated heterocycles. The van der Waals surface area contributed by atoms with E-state index in [9.17, 15) is 8.42 Å². The predicted molar refractivity (Wildman–Crippen MR) is 107 cm³/mol. The molecule has 9 heteroatoms. The van der Waals surface area contributed by atoms with E-state index in [4.69, 9.17) is 11.6 Å². The second-order valence-corrected chi connectivity index (χ2v) is 9.60. The van der Waals surface area contributed by atoms with Crippen LogP contribution in [-0.2, 0) is 16.9 Å². The highest BCUT2D eigenvalue weighted by atomic mass is 35.5. The number of fused-ring (bicyclic) bond motifs is 1. The van der Waals surface area contributed by atoms with E-state index in [1.807, 2.05) is 40.8 Å². The summed E-state index contributed by atoms with van der Waals surface area (Å²) in [5, 5.41) is 0.142. The molecule has 142 valence electrons. The summed E-state index contributed by atoms with van der Waals surface area (Å²) in [6.45, 7) is 1.20. The van der Waals surface area contributed by atoms with Crippen molar-refractivity contribution in [2.45, 2.75) is 18.1 Å². The third kappa shape index (κ3) is 3.39. The van der Waals surface area contributed by atoms with Gasteiger partial charge >= 0.3 is 0 Å². The van der Waals surface area contributed by atoms with Gasteiger partial charge in [-0.05, 0) is 25.0 Å². The Morgan fingerprint density at radius 2 is 1.85 bits per heavy atom. The molecule has 0 atom stereocenters. The van der Waals surface area contributed by atoms with Gasteiger partial charge in [0.1, 0.15) is 15.5 Å². The van der Waals surface area contributed by atoms with Gasteiger partial charge in [0.2, 0.25) is 5.95 Å². The van der Waals surface area contributed by atoms with Crippen LogP contribution >= 0.6 is 11.6 Å². The normalized spacial score (nSPS) is 16.2. The fraction of sp³-hybridized carbons (Fsp3) is 0.389. The number of imidazole rings is 1. The summed E-state index contributed by atoms with van der Waals surface area (Å²) >= 11 is 6.38. The van der Waals surface area contributed by atoms with Crippen LogP contribution in [0.3, 0.4) is 0 Å². The van der Waals surface area contributed by atoms with Crippen molar-refractivity contribution >= 4 is 38.4 Å². The van der Waals surface area contributed by atoms with Crippen LogP contribution in [0.5, 0.6) is 0 Å². The highest BCUT2D eigenvalue weighted by Crippen LogP contribution is 2.30. The topological polar surface area (TPSA) is 81.0 Å². The zero-order chi connectivity index (χ0) is 19.2. The van der Waals surface area contributed by atoms with Crippen molar-refractivity contribution in [1.29, 1.82) is 0 Å². The van der Waals surface area contributed by atoms with E-state index in [1.165, 1.54) is 6.26 Å². The SMILES string of the molecule is Cn1c(-c2nc(N3CCC(S(C)(=O)=O)CC3)ncc2Cl)nc2ccccc21. The first-order valence-corrected chi connectivity index (χ1v) is 11.1. The van der Waals surface area contributed by atoms with Crippen LogP contribution in [0.25, 0.3) is 22.6 Å². The maximum atomic E-state index is 11.8. The van der Waals surface area contributed by atoms with E-state index in [2.05, 4.69) is 15.0 Å². The van der Waals surface area contributed by atoms with Crippen LogP contribution in [-0.4, -0.2) is 52.5 Å². The van der Waals surface area contributed by atoms with Gasteiger partial charge in [0.05, 0.1) is 27.5 Å². The summed E-state index contributed by atoms with van der Waals surface area (Å²) in [5.41, 5.74) is 2.45. The number of aryl methyl sites for hydroxylation is 1. The van der Waals surface area contributed by atoms with Crippen LogP contribution in [0, 0.1) is 0 Å². The molecule has 27 heavy (non-hydrogen) atoms. The first-order chi connectivity index (χ1) is 12.8. The number of hydrogen-bond acceptors (Lipinski definition) is 6. The molecule has 0 unspecified atom stereocenters. The summed E-state index contributed by atoms with van der Waals surface area (Å²) in [6, 6.07) is 7.85. The smallest absolute Gasteiger partial charge is 0.226 e. The highest BCUT2D eigenvalue weighted by molar-refractivity contribution is 7.91. The van der Waals surface area contributed by atoms with E-state index < -0.39 is 9.84 Å². The zero-order valence-corrected chi connectivity index (χ0v) is 16.7. The predicted octanol–water partition coefficient (Wildman–Crippen LogP) is 2.70. The average molecular weight is 406 g/mol. The Morgan fingerprint density at radius 1 is 1.15 bits per heavy atom. The van der Waals surface area contributed by atoms with E-state index in [-0.39, 0.29) is 5.25 Å². The molecular formula is C18H20ClN5O2S. The lowest BCUT2D eigenvalue weighted by Gasteiger charge is -2.31. The minimum atomic E-state index is -3.01. The van der Waals surface area contributed by atoms with Crippen molar-refractivity contribution in [3.05, 3.63) is 35.5 Å². The van der Waals surface area contributed by atoms with Gasteiger partial charge < -0.3 is 9.47 Å². The summed E-state index contributed by atoms with van der Waals surface area (Å²) in [6.07, 6.45) is 4.04. The standard InChI is InChI=1S/C18H20ClN5O2S/c1-23-15-6-4-3-5-14(15)21-17(23)16-13(19)11-20-18(22-16)24-9-7-12(8-10-24)27(2,25)26/h3-6,11-12H,7-10H2,1-2H3. The van der Waals surface area contributed by atoms with Gasteiger partial charge in [0, 0.05) is 26.4 Å². The Bertz CT molecular complexity index is 1100. The Balaban J connectivity index is 1.67. The molecule has 0 N–H and O–H groups in total. The third-order valence-electron chi connectivity index (χ3n) is 5.06. The van der Waals surface area contributed by atoms with Crippen molar-refractivity contribution in [3.63, 3.8) is 0 Å². The molecule has 7 nitrogen and oxygen atoms in total. The summed E-state index contributed by atoms with van der Waals surface area (Å²) in [7, 11) is -1.08. The van der Waals surface area contributed by atoms with Gasteiger partial charge in [0.15, 0.2) is 5.82 Å². The van der Waals surface area contributed by atoms with Crippen molar-refractivity contribution in [2.75, 3.05) is 24.2 Å². The second-order valence-electron chi connectivity index (χ2n) is 6.87. The number of nitrogens with zero attached hydrogens (tertiary/aromatic N) is 5. The van der Waals surface area contributed by atoms with Crippen molar-refractivity contribution in [3.8, 4) is 11.5 Å². The molecule has 3 heterocycles. The fourth-order valence-electron chi connectivity index (χ4n) is 3.51. The van der Waals surface area contributed by atoms with Crippen LogP contribution in [0.2, 0.25) is 5.02 Å². The quantitative estimate of drug-likeness (QED) is 0.666. The Hall–Kier alpha value is -2.19. The summed E-state index contributed by atoms with van der Waals surface area (Å²) in [4.78, 5) is 15.7. The second kappa shape index (κ2) is 6.76. The number of piperidine rings is 1. The van der Waals surface area contributed by atoms with Crippen LogP contribution in [0.1, 0.15) is 12.8 Å². The lowest BCUT2D eigenvalue weighted by molar-refractivity contribution is 0.530. The molecule has 4 rings (SSSR count). The molecule has 0 amide bonds. The number of para-hydroxylation sites is 2. The number of sulfone groups is 1. The zero-order valence-electron chi connectivity index (χ0n) is 15.1. The Morgan fingerprint density at radius 3 is 2.52 bits per heavy atom. The van der Waals surface area contributed by atoms with Gasteiger partial charge in [-0.15, -0.1) is 0 Å². The molecule has 0 saturated carbocycles. The molecule has 1 aliphatic heterocycles. The van der Waals surface area contributed by atoms with Gasteiger partial charge in [-0.3, -0.25) is 0 Å². The molecule has 3 aromatic rings. The largest absolute Gasteiger partial charge is 0.341 e. The molecule has 0 radical (unpaired) electrons. The summed E-state index contributed by atoms with van der Waals surface area (Å²) < 4.78 is 25.5. The van der Waals surface area contributed by atoms with E-state index >= 15 is 0 Å². The third-order valence-corrected chi connectivity index (χ3v) is 7.02. The average Bonchev–Trinajstić information content (AvgIpc) is 2.98. The van der Waals surface area contributed by atoms with E-state index in [1.54, 1.807) is 6.20 Å². The van der Waals surface area contributed by atoms with Gasteiger partial charge in [0.25, 0.3) is 0 Å². The lowest BCUT2D eigenvalue weighted by Crippen LogP contribution is -2.39. The first kappa shape index (κ1) is 18.2. The number of aromatic nitrogens is 4. The van der Waals surface area contributed by atoms with Crippen LogP contribution < -0.4 is 4.90 Å². The van der Waals surface area contributed by atoms with Gasteiger partial charge in [-0.1, -0.05) is 23.7 Å². The molecular weight excluding hydrogens is 386 g/mol. The summed E-state index contributed by atoms with van der Waals surface area (Å²) in [5.74, 6) is 1.23. The molecule has 1 aliphatic rings. The molecule has 1 aromatic carbocycles. The first-order valence-electron chi connectivity index (χ1n) is 8.73. The molecule has 1 fully saturated rings. The number of benzene rings is 1. The lowest BCUT2D eigenvalue weighted by atomic mass is 10.1. The van der Waals surface area contributed by atoms with E-state index in [0.29, 0.717) is 48.4 Å². The molecule has 2 aromatic heterocycles. The van der Waals surface area contributed by atoms with Gasteiger partial charge in [-0.25, -0.2) is 23.4 Å². The number of halogens is 1. The Kier molecular flexibility index (Phi) is 4.55. The number of anilines is 1. The molecule has 0 aliphatic carbocycles. The van der Waals surface area contributed by atoms with E-state index in [0.717, 1.165) is 11.0 Å². The maximum Gasteiger partial charge on any atom is 0.226 e. The van der Waals surface area contributed by atoms with Crippen molar-refractivity contribution < 1.29 is 8.42 Å². The van der Waals surface area contributed by atoms with Crippen molar-refractivity contribution in [1.82, 2.24) is 19.5 Å². The van der Waals surface area contributed by atoms with Gasteiger partial charge in [-0.2, -0.15) is 0 Å². The molecule has 0 bridgehead atoms. The van der Waals surface area contributed by atoms with Crippen molar-refractivity contribution in [2.24, 2.45) is 7.05 Å². The minimum Gasteiger partial charge on any atom is -0.341 e. The molecule has 0 spiro atoms. The maximum absolute atomic E-state index is 11.8. The highest BCUT2D eigenvalue weighted by Gasteiger charge is 2.28. The Labute approximate surface area is 162 Å². The van der Waals surface area contributed by atoms with Crippen LogP contribution in [0.4, 0.5) is 5.95 Å². The monoisotopic (exact) mass is 405 g/mol. The fourth-order valence-corrected chi connectivity index (χ4v) is 4.75. The minimum absolute atomic E-state index is 0.291. The number of hydrogen-bond donors (Lipinski definition) is 0. The number of rotatable bonds is 3. The van der Waals surface area contributed by atoms with Crippen LogP contribution in [0.15, 0.2) is 30.5 Å².